The molecule has 0 spiro atoms. The standard InChI is InChI=1S/C14H13N5O2S/c1-8-4-5-10(22-8)13(20)16-17-14(21)11-9(2)18-19-7-3-6-15-12(11)19/h3-7H,1-2H3,(H,16,20)(H,17,21). The van der Waals surface area contributed by atoms with Gasteiger partial charge in [0.1, 0.15) is 5.56 Å². The second-order valence-corrected chi connectivity index (χ2v) is 5.95. The number of amides is 2. The first-order chi connectivity index (χ1) is 10.6. The number of nitrogens with one attached hydrogen (secondary N) is 2. The number of carbonyl (C=O) groups excluding carboxylic acids is 2. The van der Waals surface area contributed by atoms with Crippen LogP contribution in [0.3, 0.4) is 0 Å². The Labute approximate surface area is 130 Å². The zero-order valence-corrected chi connectivity index (χ0v) is 12.8. The topological polar surface area (TPSA) is 88.4 Å². The summed E-state index contributed by atoms with van der Waals surface area (Å²) in [6.45, 7) is 3.63. The first-order valence-corrected chi connectivity index (χ1v) is 7.35. The largest absolute Gasteiger partial charge is 0.279 e. The van der Waals surface area contributed by atoms with E-state index in [2.05, 4.69) is 20.9 Å². The minimum absolute atomic E-state index is 0.336. The monoisotopic (exact) mass is 315 g/mol. The highest BCUT2D eigenvalue weighted by atomic mass is 32.1. The Hall–Kier alpha value is -2.74. The number of rotatable bonds is 2. The molecule has 8 heteroatoms. The maximum Gasteiger partial charge on any atom is 0.279 e. The Balaban J connectivity index is 1.76. The SMILES string of the molecule is Cc1ccc(C(=O)NNC(=O)c2c(C)nn3cccnc23)s1. The normalized spacial score (nSPS) is 10.6. The van der Waals surface area contributed by atoms with Gasteiger partial charge in [-0.3, -0.25) is 20.4 Å². The Morgan fingerprint density at radius 2 is 1.95 bits per heavy atom. The fraction of sp³-hybridized carbons (Fsp3) is 0.143. The number of carbonyl (C=O) groups is 2. The molecule has 0 aliphatic rings. The number of nitrogens with zero attached hydrogens (tertiary/aromatic N) is 3. The van der Waals surface area contributed by atoms with Crippen molar-refractivity contribution < 1.29 is 9.59 Å². The zero-order valence-electron chi connectivity index (χ0n) is 12.0. The van der Waals surface area contributed by atoms with Crippen LogP contribution in [-0.2, 0) is 0 Å². The molecule has 0 radical (unpaired) electrons. The summed E-state index contributed by atoms with van der Waals surface area (Å²) in [5.41, 5.74) is 6.12. The van der Waals surface area contributed by atoms with E-state index in [1.807, 2.05) is 13.0 Å². The van der Waals surface area contributed by atoms with Gasteiger partial charge < -0.3 is 0 Å². The molecule has 112 valence electrons. The van der Waals surface area contributed by atoms with Gasteiger partial charge in [0.25, 0.3) is 11.8 Å². The van der Waals surface area contributed by atoms with Gasteiger partial charge in [-0.25, -0.2) is 9.50 Å². The summed E-state index contributed by atoms with van der Waals surface area (Å²) < 4.78 is 1.52. The molecule has 2 N–H and O–H groups in total. The van der Waals surface area contributed by atoms with Gasteiger partial charge in [-0.15, -0.1) is 11.3 Å². The first-order valence-electron chi connectivity index (χ1n) is 6.53. The molecule has 0 atom stereocenters. The third kappa shape index (κ3) is 2.56. The molecular formula is C14H13N5O2S. The quantitative estimate of drug-likeness (QED) is 0.701. The van der Waals surface area contributed by atoms with Crippen molar-refractivity contribution in [3.05, 3.63) is 51.6 Å². The molecule has 7 nitrogen and oxygen atoms in total. The smallest absolute Gasteiger partial charge is 0.267 e. The highest BCUT2D eigenvalue weighted by molar-refractivity contribution is 7.13. The summed E-state index contributed by atoms with van der Waals surface area (Å²) in [5, 5.41) is 4.21. The van der Waals surface area contributed by atoms with E-state index in [0.29, 0.717) is 21.8 Å². The van der Waals surface area contributed by atoms with E-state index in [4.69, 9.17) is 0 Å². The molecule has 0 fully saturated rings. The summed E-state index contributed by atoms with van der Waals surface area (Å²) in [5.74, 6) is -0.804. The molecule has 22 heavy (non-hydrogen) atoms. The molecule has 0 aromatic carbocycles. The van der Waals surface area contributed by atoms with Crippen LogP contribution in [0.4, 0.5) is 0 Å². The van der Waals surface area contributed by atoms with Gasteiger partial charge >= 0.3 is 0 Å². The molecule has 0 saturated heterocycles. The van der Waals surface area contributed by atoms with Crippen LogP contribution >= 0.6 is 11.3 Å². The number of hydrogen-bond donors (Lipinski definition) is 2. The molecular weight excluding hydrogens is 302 g/mol. The van der Waals surface area contributed by atoms with Crippen LogP contribution in [0.15, 0.2) is 30.6 Å². The van der Waals surface area contributed by atoms with Gasteiger partial charge in [-0.1, -0.05) is 0 Å². The Morgan fingerprint density at radius 3 is 2.68 bits per heavy atom. The van der Waals surface area contributed by atoms with E-state index in [9.17, 15) is 9.59 Å². The fourth-order valence-electron chi connectivity index (χ4n) is 2.06. The maximum absolute atomic E-state index is 12.3. The average Bonchev–Trinajstić information content (AvgIpc) is 3.07. The van der Waals surface area contributed by atoms with Crippen LogP contribution in [0, 0.1) is 13.8 Å². The summed E-state index contributed by atoms with van der Waals surface area (Å²) in [7, 11) is 0. The van der Waals surface area contributed by atoms with Crippen molar-refractivity contribution in [1.82, 2.24) is 25.4 Å². The highest BCUT2D eigenvalue weighted by Gasteiger charge is 2.19. The van der Waals surface area contributed by atoms with E-state index < -0.39 is 5.91 Å². The first kappa shape index (κ1) is 14.2. The number of thiophene rings is 1. The van der Waals surface area contributed by atoms with Gasteiger partial charge in [0.05, 0.1) is 10.6 Å². The molecule has 0 aliphatic heterocycles. The second-order valence-electron chi connectivity index (χ2n) is 4.67. The van der Waals surface area contributed by atoms with Crippen molar-refractivity contribution in [3.8, 4) is 0 Å². The fourth-order valence-corrected chi connectivity index (χ4v) is 2.82. The van der Waals surface area contributed by atoms with Crippen LogP contribution in [0.25, 0.3) is 5.65 Å². The van der Waals surface area contributed by atoms with Gasteiger partial charge in [0.15, 0.2) is 5.65 Å². The number of aryl methyl sites for hydroxylation is 2. The van der Waals surface area contributed by atoms with Crippen molar-refractivity contribution in [3.63, 3.8) is 0 Å². The average molecular weight is 315 g/mol. The van der Waals surface area contributed by atoms with Crippen LogP contribution in [-0.4, -0.2) is 26.4 Å². The number of aromatic nitrogens is 3. The lowest BCUT2D eigenvalue weighted by Crippen LogP contribution is -2.41. The van der Waals surface area contributed by atoms with Crippen LogP contribution < -0.4 is 10.9 Å². The number of fused-ring (bicyclic) bond motifs is 1. The third-order valence-corrected chi connectivity index (χ3v) is 4.05. The zero-order chi connectivity index (χ0) is 15.7. The van der Waals surface area contributed by atoms with E-state index in [0.717, 1.165) is 4.88 Å². The van der Waals surface area contributed by atoms with Crippen molar-refractivity contribution in [2.45, 2.75) is 13.8 Å². The molecule has 3 aromatic rings. The lowest BCUT2D eigenvalue weighted by atomic mass is 10.2. The summed E-state index contributed by atoms with van der Waals surface area (Å²) in [6, 6.07) is 5.28. The second kappa shape index (κ2) is 5.57. The van der Waals surface area contributed by atoms with Gasteiger partial charge in [0.2, 0.25) is 0 Å². The van der Waals surface area contributed by atoms with Crippen molar-refractivity contribution in [1.29, 1.82) is 0 Å². The van der Waals surface area contributed by atoms with E-state index in [1.54, 1.807) is 31.5 Å². The Bertz CT molecular complexity index is 867. The van der Waals surface area contributed by atoms with Gasteiger partial charge in [-0.05, 0) is 32.0 Å². The minimum atomic E-state index is -0.451. The van der Waals surface area contributed by atoms with Crippen LogP contribution in [0.1, 0.15) is 30.6 Å². The van der Waals surface area contributed by atoms with Crippen molar-refractivity contribution >= 4 is 28.8 Å². The summed E-state index contributed by atoms with van der Waals surface area (Å²) in [6.07, 6.45) is 3.29. The maximum atomic E-state index is 12.3. The summed E-state index contributed by atoms with van der Waals surface area (Å²) >= 11 is 1.36. The van der Waals surface area contributed by atoms with Gasteiger partial charge in [-0.2, -0.15) is 5.10 Å². The van der Waals surface area contributed by atoms with Gasteiger partial charge in [0, 0.05) is 17.3 Å². The predicted octanol–water partition coefficient (Wildman–Crippen LogP) is 1.48. The predicted molar refractivity (Wildman–Crippen MR) is 81.7 cm³/mol. The van der Waals surface area contributed by atoms with E-state index >= 15 is 0 Å². The van der Waals surface area contributed by atoms with Crippen LogP contribution in [0.5, 0.6) is 0 Å². The van der Waals surface area contributed by atoms with E-state index in [-0.39, 0.29) is 5.91 Å². The Morgan fingerprint density at radius 1 is 1.18 bits per heavy atom. The molecule has 2 amide bonds. The third-order valence-electron chi connectivity index (χ3n) is 3.05. The molecule has 3 heterocycles. The lowest BCUT2D eigenvalue weighted by molar-refractivity contribution is 0.0849. The lowest BCUT2D eigenvalue weighted by Gasteiger charge is -2.05. The van der Waals surface area contributed by atoms with Crippen molar-refractivity contribution in [2.75, 3.05) is 0 Å². The van der Waals surface area contributed by atoms with E-state index in [1.165, 1.54) is 15.9 Å². The molecule has 0 saturated carbocycles. The Kier molecular flexibility index (Phi) is 3.60. The molecule has 0 bridgehead atoms. The van der Waals surface area contributed by atoms with Crippen molar-refractivity contribution in [2.24, 2.45) is 0 Å². The summed E-state index contributed by atoms with van der Waals surface area (Å²) in [4.78, 5) is 29.9. The minimum Gasteiger partial charge on any atom is -0.267 e. The highest BCUT2D eigenvalue weighted by Crippen LogP contribution is 2.15. The number of hydrogen-bond acceptors (Lipinski definition) is 5. The molecule has 0 aliphatic carbocycles. The molecule has 3 rings (SSSR count). The molecule has 0 unspecified atom stereocenters. The number of hydrazine groups is 1. The van der Waals surface area contributed by atoms with Crippen LogP contribution in [0.2, 0.25) is 0 Å². The molecule has 3 aromatic heterocycles.